The van der Waals surface area contributed by atoms with Gasteiger partial charge in [0.15, 0.2) is 0 Å². The molecule has 3 aliphatic heterocycles. The maximum atomic E-state index is 13.1. The number of piperidine rings is 1. The smallest absolute Gasteiger partial charge is 0.255 e. The lowest BCUT2D eigenvalue weighted by Crippen LogP contribution is -2.47. The molecule has 2 fully saturated rings. The van der Waals surface area contributed by atoms with Crippen LogP contribution in [-0.4, -0.2) is 50.3 Å². The third-order valence-corrected chi connectivity index (χ3v) is 6.52. The third kappa shape index (κ3) is 3.36. The fourth-order valence-electron chi connectivity index (χ4n) is 5.33. The number of aromatic nitrogens is 3. The van der Waals surface area contributed by atoms with E-state index >= 15 is 0 Å². The molecule has 0 spiro atoms. The maximum Gasteiger partial charge on any atom is 0.255 e. The standard InChI is InChI=1S/C21H29N5O/c1-23-10-17(9-22-23)12-25-11-16-8-19(15-25)20-5-4-18(21(27)26(20)13-16)14-24-6-2-3-7-24/h4-5,9-10,16,19H,2-3,6-8,11-15H2,1H3/t16-,19+/m0/s1. The molecule has 0 aromatic carbocycles. The average Bonchev–Trinajstić information content (AvgIpc) is 3.29. The zero-order valence-corrected chi connectivity index (χ0v) is 16.2. The Kier molecular flexibility index (Phi) is 4.40. The topological polar surface area (TPSA) is 46.3 Å². The van der Waals surface area contributed by atoms with E-state index in [4.69, 9.17) is 0 Å². The highest BCUT2D eigenvalue weighted by Crippen LogP contribution is 2.35. The Hall–Kier alpha value is -1.92. The molecule has 2 bridgehead atoms. The molecular formula is C21H29N5O. The predicted molar refractivity (Wildman–Crippen MR) is 105 cm³/mol. The number of likely N-dealkylation sites (tertiary alicyclic amines) is 2. The van der Waals surface area contributed by atoms with Gasteiger partial charge < -0.3 is 4.57 Å². The minimum atomic E-state index is 0.259. The van der Waals surface area contributed by atoms with E-state index in [-0.39, 0.29) is 5.56 Å². The van der Waals surface area contributed by atoms with Crippen LogP contribution in [0.3, 0.4) is 0 Å². The minimum Gasteiger partial charge on any atom is -0.312 e. The van der Waals surface area contributed by atoms with Gasteiger partial charge in [-0.15, -0.1) is 0 Å². The molecule has 6 heteroatoms. The summed E-state index contributed by atoms with van der Waals surface area (Å²) >= 11 is 0. The highest BCUT2D eigenvalue weighted by molar-refractivity contribution is 5.22. The molecule has 0 aliphatic carbocycles. The van der Waals surface area contributed by atoms with Crippen LogP contribution in [0.25, 0.3) is 0 Å². The largest absolute Gasteiger partial charge is 0.312 e. The van der Waals surface area contributed by atoms with Gasteiger partial charge in [-0.05, 0) is 44.3 Å². The monoisotopic (exact) mass is 367 g/mol. The molecule has 27 heavy (non-hydrogen) atoms. The van der Waals surface area contributed by atoms with Crippen LogP contribution in [0, 0.1) is 5.92 Å². The molecule has 0 radical (unpaired) electrons. The van der Waals surface area contributed by atoms with Crippen molar-refractivity contribution < 1.29 is 0 Å². The van der Waals surface area contributed by atoms with Crippen molar-refractivity contribution in [1.82, 2.24) is 24.1 Å². The van der Waals surface area contributed by atoms with Gasteiger partial charge >= 0.3 is 0 Å². The van der Waals surface area contributed by atoms with Crippen LogP contribution in [0.5, 0.6) is 0 Å². The van der Waals surface area contributed by atoms with Crippen LogP contribution in [0.15, 0.2) is 29.3 Å². The van der Waals surface area contributed by atoms with E-state index in [9.17, 15) is 4.79 Å². The third-order valence-electron chi connectivity index (χ3n) is 6.52. The highest BCUT2D eigenvalue weighted by Gasteiger charge is 2.35. The number of fused-ring (bicyclic) bond motifs is 4. The Bertz CT molecular complexity index is 879. The molecule has 2 aromatic heterocycles. The van der Waals surface area contributed by atoms with Crippen LogP contribution >= 0.6 is 0 Å². The first kappa shape index (κ1) is 17.2. The zero-order valence-electron chi connectivity index (χ0n) is 16.2. The quantitative estimate of drug-likeness (QED) is 0.827. The number of nitrogens with zero attached hydrogens (tertiary/aromatic N) is 5. The second-order valence-electron chi connectivity index (χ2n) is 8.70. The fraction of sp³-hybridized carbons (Fsp3) is 0.619. The van der Waals surface area contributed by atoms with E-state index in [1.165, 1.54) is 30.5 Å². The van der Waals surface area contributed by atoms with Crippen molar-refractivity contribution in [2.24, 2.45) is 13.0 Å². The summed E-state index contributed by atoms with van der Waals surface area (Å²) in [6.45, 7) is 7.04. The Morgan fingerprint density at radius 3 is 2.70 bits per heavy atom. The molecule has 3 aliphatic rings. The van der Waals surface area contributed by atoms with E-state index in [2.05, 4.69) is 37.8 Å². The van der Waals surface area contributed by atoms with Gasteiger partial charge in [-0.25, -0.2) is 0 Å². The molecule has 0 amide bonds. The number of hydrogen-bond acceptors (Lipinski definition) is 4. The highest BCUT2D eigenvalue weighted by atomic mass is 16.1. The summed E-state index contributed by atoms with van der Waals surface area (Å²) in [5, 5.41) is 4.29. The molecule has 0 unspecified atom stereocenters. The van der Waals surface area contributed by atoms with Crippen LogP contribution in [0.2, 0.25) is 0 Å². The van der Waals surface area contributed by atoms with Gasteiger partial charge in [0.1, 0.15) is 0 Å². The molecular weight excluding hydrogens is 338 g/mol. The first-order valence-corrected chi connectivity index (χ1v) is 10.3. The summed E-state index contributed by atoms with van der Waals surface area (Å²) in [6.07, 6.45) is 7.82. The number of hydrogen-bond donors (Lipinski definition) is 0. The fourth-order valence-corrected chi connectivity index (χ4v) is 5.33. The predicted octanol–water partition coefficient (Wildman–Crippen LogP) is 1.80. The molecule has 0 N–H and O–H groups in total. The first-order chi connectivity index (χ1) is 13.2. The van der Waals surface area contributed by atoms with E-state index in [1.54, 1.807) is 0 Å². The second-order valence-corrected chi connectivity index (χ2v) is 8.70. The lowest BCUT2D eigenvalue weighted by molar-refractivity contribution is 0.114. The van der Waals surface area contributed by atoms with Crippen LogP contribution in [0.1, 0.15) is 42.0 Å². The zero-order chi connectivity index (χ0) is 18.4. The Morgan fingerprint density at radius 2 is 1.93 bits per heavy atom. The van der Waals surface area contributed by atoms with E-state index in [0.29, 0.717) is 11.8 Å². The van der Waals surface area contributed by atoms with Crippen molar-refractivity contribution >= 4 is 0 Å². The van der Waals surface area contributed by atoms with Crippen molar-refractivity contribution in [2.45, 2.75) is 44.8 Å². The Balaban J connectivity index is 1.35. The maximum absolute atomic E-state index is 13.1. The molecule has 2 saturated heterocycles. The first-order valence-electron chi connectivity index (χ1n) is 10.3. The van der Waals surface area contributed by atoms with Gasteiger partial charge in [0.2, 0.25) is 0 Å². The van der Waals surface area contributed by atoms with E-state index < -0.39 is 0 Å². The summed E-state index contributed by atoms with van der Waals surface area (Å²) in [6, 6.07) is 4.34. The summed E-state index contributed by atoms with van der Waals surface area (Å²) < 4.78 is 3.97. The van der Waals surface area contributed by atoms with Crippen LogP contribution in [-0.2, 0) is 26.7 Å². The summed E-state index contributed by atoms with van der Waals surface area (Å²) in [5.74, 6) is 1.05. The Labute approximate surface area is 160 Å². The van der Waals surface area contributed by atoms with Crippen LogP contribution in [0.4, 0.5) is 0 Å². The number of pyridine rings is 1. The molecule has 5 heterocycles. The Morgan fingerprint density at radius 1 is 1.07 bits per heavy atom. The van der Waals surface area contributed by atoms with Crippen molar-refractivity contribution in [1.29, 1.82) is 0 Å². The molecule has 2 aromatic rings. The number of aryl methyl sites for hydroxylation is 1. The molecule has 144 valence electrons. The molecule has 5 rings (SSSR count). The minimum absolute atomic E-state index is 0.259. The van der Waals surface area contributed by atoms with Gasteiger partial charge in [0.25, 0.3) is 5.56 Å². The van der Waals surface area contributed by atoms with E-state index in [1.807, 2.05) is 17.9 Å². The average molecular weight is 367 g/mol. The van der Waals surface area contributed by atoms with Crippen LogP contribution < -0.4 is 5.56 Å². The normalized spacial score (nSPS) is 25.7. The van der Waals surface area contributed by atoms with Crippen molar-refractivity contribution in [2.75, 3.05) is 26.2 Å². The molecule has 0 saturated carbocycles. The van der Waals surface area contributed by atoms with Crippen molar-refractivity contribution in [3.63, 3.8) is 0 Å². The van der Waals surface area contributed by atoms with Gasteiger partial charge in [-0.3, -0.25) is 19.3 Å². The van der Waals surface area contributed by atoms with Crippen molar-refractivity contribution in [3.05, 3.63) is 51.7 Å². The van der Waals surface area contributed by atoms with Gasteiger partial charge in [0.05, 0.1) is 6.20 Å². The van der Waals surface area contributed by atoms with Gasteiger partial charge in [-0.2, -0.15) is 5.10 Å². The lowest BCUT2D eigenvalue weighted by Gasteiger charge is -2.43. The lowest BCUT2D eigenvalue weighted by atomic mass is 9.83. The molecule has 2 atom stereocenters. The van der Waals surface area contributed by atoms with E-state index in [0.717, 1.165) is 51.4 Å². The number of rotatable bonds is 4. The SMILES string of the molecule is Cn1cc(CN2C[C@@H]3C[C@H](C2)c2ccc(CN4CCCC4)c(=O)n2C3)cn1. The summed E-state index contributed by atoms with van der Waals surface area (Å²) in [7, 11) is 1.97. The molecule has 6 nitrogen and oxygen atoms in total. The van der Waals surface area contributed by atoms with Crippen molar-refractivity contribution in [3.8, 4) is 0 Å². The second kappa shape index (κ2) is 6.91. The van der Waals surface area contributed by atoms with Gasteiger partial charge in [-0.1, -0.05) is 6.07 Å². The summed E-state index contributed by atoms with van der Waals surface area (Å²) in [5.41, 5.74) is 3.76. The van der Waals surface area contributed by atoms with Gasteiger partial charge in [0, 0.05) is 68.7 Å². The summed E-state index contributed by atoms with van der Waals surface area (Å²) in [4.78, 5) is 18.1.